The summed E-state index contributed by atoms with van der Waals surface area (Å²) >= 11 is 1.38. The van der Waals surface area contributed by atoms with Crippen molar-refractivity contribution in [2.45, 2.75) is 54.0 Å². The first-order valence-corrected chi connectivity index (χ1v) is 8.15. The van der Waals surface area contributed by atoms with Crippen molar-refractivity contribution in [3.05, 3.63) is 27.7 Å². The quantitative estimate of drug-likeness (QED) is 0.812. The van der Waals surface area contributed by atoms with E-state index in [0.29, 0.717) is 0 Å². The van der Waals surface area contributed by atoms with E-state index in [2.05, 4.69) is 37.4 Å². The summed E-state index contributed by atoms with van der Waals surface area (Å²) < 4.78 is 4.03. The fourth-order valence-electron chi connectivity index (χ4n) is 2.54. The van der Waals surface area contributed by atoms with Crippen molar-refractivity contribution in [2.24, 2.45) is 5.41 Å². The third-order valence-electron chi connectivity index (χ3n) is 4.86. The predicted octanol–water partition coefficient (Wildman–Crippen LogP) is 2.74. The van der Waals surface area contributed by atoms with Crippen LogP contribution in [0, 0.1) is 19.3 Å². The summed E-state index contributed by atoms with van der Waals surface area (Å²) in [5, 5.41) is 5.28. The molecule has 0 aliphatic carbocycles. The molecular formula is C15H22GaN3O. The number of hydrogen-bond acceptors (Lipinski definition) is 2. The summed E-state index contributed by atoms with van der Waals surface area (Å²) in [7, 11) is 0. The van der Waals surface area contributed by atoms with E-state index < -0.39 is 0 Å². The summed E-state index contributed by atoms with van der Waals surface area (Å²) in [4.78, 5) is 12.4. The van der Waals surface area contributed by atoms with Crippen LogP contribution < -0.4 is 5.43 Å². The standard InChI is InChI=1S/C15H23N3O.Ga/c1-7-15(5,6)11(4)18-10(3)9(2)13(19)12-8-16-17-14(12)18;/h8,11H,7H2,1-6H3,(H,16,17,19);/q;+1/p-1. The van der Waals surface area contributed by atoms with Gasteiger partial charge in [-0.1, -0.05) is 0 Å². The van der Waals surface area contributed by atoms with Crippen LogP contribution in [0.1, 0.15) is 51.4 Å². The molecule has 4 nitrogen and oxygen atoms in total. The molecule has 2 aromatic heterocycles. The Balaban J connectivity index is 2.85. The van der Waals surface area contributed by atoms with Crippen LogP contribution in [0.15, 0.2) is 11.0 Å². The van der Waals surface area contributed by atoms with Crippen molar-refractivity contribution >= 4 is 29.9 Å². The Hall–Kier alpha value is -0.944. The molecule has 0 spiro atoms. The van der Waals surface area contributed by atoms with Crippen molar-refractivity contribution in [1.29, 1.82) is 0 Å². The average Bonchev–Trinajstić information content (AvgIpc) is 2.77. The Labute approximate surface area is 130 Å². The molecule has 20 heavy (non-hydrogen) atoms. The van der Waals surface area contributed by atoms with Crippen LogP contribution >= 0.6 is 0 Å². The van der Waals surface area contributed by atoms with Gasteiger partial charge in [0.1, 0.15) is 0 Å². The minimum atomic E-state index is 0.110. The van der Waals surface area contributed by atoms with E-state index in [-0.39, 0.29) is 16.9 Å². The molecule has 2 aromatic rings. The molecule has 2 heterocycles. The molecule has 2 rings (SSSR count). The van der Waals surface area contributed by atoms with E-state index in [4.69, 9.17) is 0 Å². The van der Waals surface area contributed by atoms with E-state index in [1.807, 2.05) is 20.0 Å². The van der Waals surface area contributed by atoms with E-state index in [1.165, 1.54) is 18.8 Å². The fraction of sp³-hybridized carbons (Fsp3) is 0.600. The van der Waals surface area contributed by atoms with Gasteiger partial charge in [0.05, 0.1) is 0 Å². The third-order valence-corrected chi connectivity index (χ3v) is 5.41. The number of aromatic nitrogens is 3. The van der Waals surface area contributed by atoms with Crippen molar-refractivity contribution < 1.29 is 0 Å². The second-order valence-electron chi connectivity index (χ2n) is 6.27. The maximum absolute atomic E-state index is 12.4. The average molecular weight is 330 g/mol. The molecule has 0 aliphatic rings. The van der Waals surface area contributed by atoms with Crippen LogP contribution in [-0.2, 0) is 0 Å². The van der Waals surface area contributed by atoms with Gasteiger partial charge in [0, 0.05) is 0 Å². The van der Waals surface area contributed by atoms with Gasteiger partial charge in [-0.2, -0.15) is 0 Å². The molecule has 0 bridgehead atoms. The van der Waals surface area contributed by atoms with Gasteiger partial charge in [-0.3, -0.25) is 0 Å². The van der Waals surface area contributed by atoms with Crippen LogP contribution in [0.5, 0.6) is 0 Å². The van der Waals surface area contributed by atoms with Gasteiger partial charge in [0.15, 0.2) is 0 Å². The van der Waals surface area contributed by atoms with Gasteiger partial charge in [-0.25, -0.2) is 0 Å². The van der Waals surface area contributed by atoms with Gasteiger partial charge in [-0.15, -0.1) is 0 Å². The molecule has 0 saturated carbocycles. The zero-order chi connectivity index (χ0) is 15.2. The van der Waals surface area contributed by atoms with Gasteiger partial charge >= 0.3 is 130 Å². The zero-order valence-electron chi connectivity index (χ0n) is 13.2. The summed E-state index contributed by atoms with van der Waals surface area (Å²) in [6.07, 6.45) is 2.93. The summed E-state index contributed by atoms with van der Waals surface area (Å²) in [6, 6.07) is 0.289. The Morgan fingerprint density at radius 2 is 2.00 bits per heavy atom. The molecule has 0 aliphatic heterocycles. The Bertz CT molecular complexity index is 712. The molecule has 5 heteroatoms. The molecule has 2 radical (unpaired) electrons. The van der Waals surface area contributed by atoms with Crippen LogP contribution in [0.4, 0.5) is 0 Å². The van der Waals surface area contributed by atoms with Crippen LogP contribution in [-0.4, -0.2) is 31.9 Å². The second-order valence-corrected chi connectivity index (χ2v) is 7.38. The van der Waals surface area contributed by atoms with Crippen molar-refractivity contribution in [3.63, 3.8) is 0 Å². The van der Waals surface area contributed by atoms with E-state index in [0.717, 1.165) is 28.7 Å². The van der Waals surface area contributed by atoms with Crippen molar-refractivity contribution in [3.8, 4) is 0 Å². The second kappa shape index (κ2) is 5.11. The van der Waals surface area contributed by atoms with Gasteiger partial charge in [0.2, 0.25) is 0 Å². The van der Waals surface area contributed by atoms with E-state index >= 15 is 0 Å². The minimum absolute atomic E-state index is 0.110. The van der Waals surface area contributed by atoms with Gasteiger partial charge in [0.25, 0.3) is 0 Å². The molecule has 0 saturated heterocycles. The Kier molecular flexibility index (Phi) is 3.95. The monoisotopic (exact) mass is 329 g/mol. The number of nitrogens with zero attached hydrogens (tertiary/aromatic N) is 3. The molecule has 0 amide bonds. The third kappa shape index (κ3) is 2.27. The summed E-state index contributed by atoms with van der Waals surface area (Å²) in [5.41, 5.74) is 2.94. The van der Waals surface area contributed by atoms with Gasteiger partial charge < -0.3 is 0 Å². The first-order chi connectivity index (χ1) is 9.20. The molecule has 0 N–H and O–H groups in total. The number of pyridine rings is 1. The SMILES string of the molecule is CCC(C)(C)C(C)n1c(C)c(C)c(=O)c2c[n]([Ga])nc21. The number of rotatable bonds is 3. The molecule has 1 unspecified atom stereocenters. The molecule has 106 valence electrons. The number of hydrogen-bond donors (Lipinski definition) is 0. The predicted molar refractivity (Wildman–Crippen MR) is 83.4 cm³/mol. The van der Waals surface area contributed by atoms with Gasteiger partial charge in [-0.05, 0) is 0 Å². The maximum atomic E-state index is 12.4. The molecular weight excluding hydrogens is 308 g/mol. The van der Waals surface area contributed by atoms with E-state index in [9.17, 15) is 4.79 Å². The van der Waals surface area contributed by atoms with Crippen LogP contribution in [0.3, 0.4) is 0 Å². The topological polar surface area (TPSA) is 39.8 Å². The Morgan fingerprint density at radius 3 is 2.55 bits per heavy atom. The summed E-state index contributed by atoms with van der Waals surface area (Å²) in [5.74, 6) is 0. The molecule has 1 atom stereocenters. The number of fused-ring (bicyclic) bond motifs is 1. The van der Waals surface area contributed by atoms with Crippen molar-refractivity contribution in [1.82, 2.24) is 13.1 Å². The zero-order valence-corrected chi connectivity index (χ0v) is 15.6. The van der Waals surface area contributed by atoms with E-state index in [1.54, 1.807) is 3.39 Å². The molecule has 0 aromatic carbocycles. The summed E-state index contributed by atoms with van der Waals surface area (Å²) in [6.45, 7) is 12.9. The van der Waals surface area contributed by atoms with Crippen LogP contribution in [0.2, 0.25) is 0 Å². The fourth-order valence-corrected chi connectivity index (χ4v) is 3.09. The first kappa shape index (κ1) is 15.4. The Morgan fingerprint density at radius 1 is 1.40 bits per heavy atom. The normalized spacial score (nSPS) is 13.9. The van der Waals surface area contributed by atoms with Crippen molar-refractivity contribution in [2.75, 3.05) is 0 Å². The van der Waals surface area contributed by atoms with Crippen LogP contribution in [0.25, 0.3) is 11.0 Å². The first-order valence-electron chi connectivity index (χ1n) is 7.06. The molecule has 0 fully saturated rings.